The van der Waals surface area contributed by atoms with Gasteiger partial charge in [0.1, 0.15) is 11.5 Å². The van der Waals surface area contributed by atoms with Gasteiger partial charge in [-0.2, -0.15) is 0 Å². The van der Waals surface area contributed by atoms with Crippen molar-refractivity contribution < 1.29 is 9.47 Å². The van der Waals surface area contributed by atoms with E-state index >= 15 is 0 Å². The van der Waals surface area contributed by atoms with Crippen molar-refractivity contribution in [3.05, 3.63) is 23.8 Å². The van der Waals surface area contributed by atoms with Crippen LogP contribution in [0.1, 0.15) is 18.0 Å². The van der Waals surface area contributed by atoms with Crippen LogP contribution in [0.2, 0.25) is 0 Å². The highest BCUT2D eigenvalue weighted by Crippen LogP contribution is 2.29. The lowest BCUT2D eigenvalue weighted by atomic mass is 10.0. The van der Waals surface area contributed by atoms with Crippen LogP contribution in [0.5, 0.6) is 11.5 Å². The minimum Gasteiger partial charge on any atom is -0.497 e. The van der Waals surface area contributed by atoms with Crippen molar-refractivity contribution in [2.24, 2.45) is 11.5 Å². The van der Waals surface area contributed by atoms with Gasteiger partial charge in [-0.15, -0.1) is 0 Å². The van der Waals surface area contributed by atoms with Crippen LogP contribution < -0.4 is 20.9 Å². The summed E-state index contributed by atoms with van der Waals surface area (Å²) in [6.45, 7) is 0.566. The fourth-order valence-electron chi connectivity index (χ4n) is 1.46. The van der Waals surface area contributed by atoms with Crippen molar-refractivity contribution in [1.29, 1.82) is 0 Å². The van der Waals surface area contributed by atoms with Gasteiger partial charge in [0.25, 0.3) is 0 Å². The summed E-state index contributed by atoms with van der Waals surface area (Å²) in [5, 5.41) is 0. The molecule has 0 bridgehead atoms. The molecule has 0 unspecified atom stereocenters. The van der Waals surface area contributed by atoms with Gasteiger partial charge in [-0.1, -0.05) is 6.07 Å². The van der Waals surface area contributed by atoms with Crippen LogP contribution in [0.4, 0.5) is 0 Å². The molecule has 1 atom stereocenters. The van der Waals surface area contributed by atoms with Crippen molar-refractivity contribution in [1.82, 2.24) is 0 Å². The molecular weight excluding hydrogens is 192 g/mol. The minimum atomic E-state index is -0.0872. The fraction of sp³-hybridized carbons (Fsp3) is 0.455. The van der Waals surface area contributed by atoms with E-state index in [-0.39, 0.29) is 6.04 Å². The summed E-state index contributed by atoms with van der Waals surface area (Å²) in [7, 11) is 3.24. The molecule has 0 fully saturated rings. The molecule has 4 N–H and O–H groups in total. The lowest BCUT2D eigenvalue weighted by Crippen LogP contribution is -2.16. The van der Waals surface area contributed by atoms with E-state index in [1.165, 1.54) is 0 Å². The summed E-state index contributed by atoms with van der Waals surface area (Å²) in [6.07, 6.45) is 0.739. The van der Waals surface area contributed by atoms with E-state index in [0.717, 1.165) is 23.5 Å². The molecule has 0 aliphatic rings. The van der Waals surface area contributed by atoms with Crippen molar-refractivity contribution in [3.8, 4) is 11.5 Å². The maximum absolute atomic E-state index is 5.97. The Morgan fingerprint density at radius 3 is 2.53 bits per heavy atom. The summed E-state index contributed by atoms with van der Waals surface area (Å²) >= 11 is 0. The lowest BCUT2D eigenvalue weighted by Gasteiger charge is -2.15. The fourth-order valence-corrected chi connectivity index (χ4v) is 1.46. The molecular formula is C11H18N2O2. The van der Waals surface area contributed by atoms with E-state index < -0.39 is 0 Å². The number of benzene rings is 1. The zero-order valence-electron chi connectivity index (χ0n) is 9.19. The molecule has 1 aromatic carbocycles. The highest BCUT2D eigenvalue weighted by atomic mass is 16.5. The number of hydrogen-bond donors (Lipinski definition) is 2. The SMILES string of the molecule is COc1ccc([C@@H](N)CCN)c(OC)c1. The predicted molar refractivity (Wildman–Crippen MR) is 60.1 cm³/mol. The van der Waals surface area contributed by atoms with E-state index in [9.17, 15) is 0 Å². The van der Waals surface area contributed by atoms with E-state index in [0.29, 0.717) is 6.54 Å². The highest BCUT2D eigenvalue weighted by Gasteiger charge is 2.11. The van der Waals surface area contributed by atoms with E-state index in [2.05, 4.69) is 0 Å². The van der Waals surface area contributed by atoms with Crippen molar-refractivity contribution in [2.45, 2.75) is 12.5 Å². The molecule has 0 saturated carbocycles. The van der Waals surface area contributed by atoms with Crippen LogP contribution in [0, 0.1) is 0 Å². The van der Waals surface area contributed by atoms with Crippen molar-refractivity contribution in [2.75, 3.05) is 20.8 Å². The quantitative estimate of drug-likeness (QED) is 0.762. The molecule has 1 rings (SSSR count). The van der Waals surface area contributed by atoms with Gasteiger partial charge in [0.15, 0.2) is 0 Å². The first-order valence-electron chi connectivity index (χ1n) is 4.90. The first-order chi connectivity index (χ1) is 7.22. The zero-order valence-corrected chi connectivity index (χ0v) is 9.19. The molecule has 15 heavy (non-hydrogen) atoms. The van der Waals surface area contributed by atoms with Crippen molar-refractivity contribution >= 4 is 0 Å². The topological polar surface area (TPSA) is 70.5 Å². The third kappa shape index (κ3) is 2.84. The van der Waals surface area contributed by atoms with Gasteiger partial charge >= 0.3 is 0 Å². The zero-order chi connectivity index (χ0) is 11.3. The van der Waals surface area contributed by atoms with Crippen LogP contribution in [-0.4, -0.2) is 20.8 Å². The summed E-state index contributed by atoms with van der Waals surface area (Å²) < 4.78 is 10.4. The van der Waals surface area contributed by atoms with Crippen LogP contribution in [-0.2, 0) is 0 Å². The molecule has 0 aromatic heterocycles. The number of ether oxygens (including phenoxy) is 2. The average molecular weight is 210 g/mol. The number of rotatable bonds is 5. The van der Waals surface area contributed by atoms with Crippen LogP contribution in [0.3, 0.4) is 0 Å². The van der Waals surface area contributed by atoms with Gasteiger partial charge < -0.3 is 20.9 Å². The molecule has 0 heterocycles. The molecule has 1 aromatic rings. The summed E-state index contributed by atoms with van der Waals surface area (Å²) in [6, 6.07) is 5.52. The second-order valence-corrected chi connectivity index (χ2v) is 3.29. The maximum Gasteiger partial charge on any atom is 0.127 e. The molecule has 0 spiro atoms. The number of nitrogens with two attached hydrogens (primary N) is 2. The largest absolute Gasteiger partial charge is 0.497 e. The Labute approximate surface area is 90.2 Å². The number of hydrogen-bond acceptors (Lipinski definition) is 4. The Hall–Kier alpha value is -1.26. The first kappa shape index (κ1) is 11.8. The lowest BCUT2D eigenvalue weighted by molar-refractivity contribution is 0.387. The van der Waals surface area contributed by atoms with Crippen molar-refractivity contribution in [3.63, 3.8) is 0 Å². The molecule has 0 aliphatic heterocycles. The second kappa shape index (κ2) is 5.58. The predicted octanol–water partition coefficient (Wildman–Crippen LogP) is 1.05. The average Bonchev–Trinajstić information content (AvgIpc) is 2.28. The molecule has 84 valence electrons. The third-order valence-corrected chi connectivity index (χ3v) is 2.32. The Kier molecular flexibility index (Phi) is 4.39. The van der Waals surface area contributed by atoms with E-state index in [1.54, 1.807) is 14.2 Å². The molecule has 0 amide bonds. The Morgan fingerprint density at radius 2 is 2.00 bits per heavy atom. The van der Waals surface area contributed by atoms with E-state index in [4.69, 9.17) is 20.9 Å². The van der Waals surface area contributed by atoms with Gasteiger partial charge in [0.05, 0.1) is 14.2 Å². The normalized spacial score (nSPS) is 12.3. The summed E-state index contributed by atoms with van der Waals surface area (Å²) in [4.78, 5) is 0. The van der Waals surface area contributed by atoms with Gasteiger partial charge in [-0.3, -0.25) is 0 Å². The maximum atomic E-state index is 5.97. The third-order valence-electron chi connectivity index (χ3n) is 2.32. The van der Waals surface area contributed by atoms with Crippen LogP contribution in [0.25, 0.3) is 0 Å². The first-order valence-corrected chi connectivity index (χ1v) is 4.90. The van der Waals surface area contributed by atoms with Crippen LogP contribution in [0.15, 0.2) is 18.2 Å². The molecule has 0 saturated heterocycles. The Balaban J connectivity index is 2.96. The van der Waals surface area contributed by atoms with Gasteiger partial charge in [-0.25, -0.2) is 0 Å². The van der Waals surface area contributed by atoms with Gasteiger partial charge in [0.2, 0.25) is 0 Å². The smallest absolute Gasteiger partial charge is 0.127 e. The summed E-state index contributed by atoms with van der Waals surface area (Å²) in [5.74, 6) is 1.51. The monoisotopic (exact) mass is 210 g/mol. The number of methoxy groups -OCH3 is 2. The van der Waals surface area contributed by atoms with Crippen LogP contribution >= 0.6 is 0 Å². The minimum absolute atomic E-state index is 0.0872. The Bertz CT molecular complexity index is 315. The van der Waals surface area contributed by atoms with Gasteiger partial charge in [0, 0.05) is 17.7 Å². The van der Waals surface area contributed by atoms with Gasteiger partial charge in [-0.05, 0) is 19.0 Å². The molecule has 4 nitrogen and oxygen atoms in total. The molecule has 0 radical (unpaired) electrons. The molecule has 0 aliphatic carbocycles. The Morgan fingerprint density at radius 1 is 1.27 bits per heavy atom. The highest BCUT2D eigenvalue weighted by molar-refractivity contribution is 5.42. The second-order valence-electron chi connectivity index (χ2n) is 3.29. The summed E-state index contributed by atoms with van der Waals surface area (Å²) in [5.41, 5.74) is 12.4. The van der Waals surface area contributed by atoms with E-state index in [1.807, 2.05) is 18.2 Å². The standard InChI is InChI=1S/C11H18N2O2/c1-14-8-3-4-9(10(13)5-6-12)11(7-8)15-2/h3-4,7,10H,5-6,12-13H2,1-2H3/t10-/m0/s1. The molecule has 4 heteroatoms.